The highest BCUT2D eigenvalue weighted by Crippen LogP contribution is 2.41. The minimum absolute atomic E-state index is 0.242. The molecule has 0 saturated heterocycles. The Morgan fingerprint density at radius 1 is 1.12 bits per heavy atom. The van der Waals surface area contributed by atoms with Crippen LogP contribution in [0, 0.1) is 0 Å². The van der Waals surface area contributed by atoms with Gasteiger partial charge in [0, 0.05) is 28.7 Å². The smallest absolute Gasteiger partial charge is 0.423 e. The quantitative estimate of drug-likeness (QED) is 0.411. The van der Waals surface area contributed by atoms with E-state index in [0.717, 1.165) is 12.1 Å². The lowest BCUT2D eigenvalue weighted by molar-refractivity contribution is -0.269. The van der Waals surface area contributed by atoms with Crippen molar-refractivity contribution < 1.29 is 50.3 Å². The van der Waals surface area contributed by atoms with E-state index in [0.29, 0.717) is 18.5 Å². The van der Waals surface area contributed by atoms with E-state index in [-0.39, 0.29) is 17.9 Å². The summed E-state index contributed by atoms with van der Waals surface area (Å²) in [6.07, 6.45) is -9.97. The zero-order chi connectivity index (χ0) is 25.7. The van der Waals surface area contributed by atoms with E-state index >= 15 is 0 Å². The highest BCUT2D eigenvalue weighted by Gasteiger charge is 2.56. The summed E-state index contributed by atoms with van der Waals surface area (Å²) in [5, 5.41) is 19.0. The van der Waals surface area contributed by atoms with Crippen molar-refractivity contribution in [3.05, 3.63) is 47.9 Å². The molecule has 0 aliphatic rings. The average Bonchev–Trinajstić information content (AvgIpc) is 2.75. The predicted octanol–water partition coefficient (Wildman–Crippen LogP) is 2.98. The molecule has 0 aliphatic carbocycles. The van der Waals surface area contributed by atoms with Crippen molar-refractivity contribution in [1.29, 1.82) is 0 Å². The molecule has 1 aromatic heterocycles. The minimum Gasteiger partial charge on any atom is -0.480 e. The zero-order valence-corrected chi connectivity index (χ0v) is 18.0. The van der Waals surface area contributed by atoms with E-state index in [2.05, 4.69) is 9.97 Å². The predicted molar refractivity (Wildman–Crippen MR) is 106 cm³/mol. The molecule has 0 fully saturated rings. The molecule has 2 aromatic rings. The van der Waals surface area contributed by atoms with Crippen LogP contribution >= 0.6 is 0 Å². The van der Waals surface area contributed by atoms with E-state index in [1.807, 2.05) is 0 Å². The summed E-state index contributed by atoms with van der Waals surface area (Å²) in [6, 6.07) is 2.35. The number of aliphatic hydroxyl groups is 1. The Bertz CT molecular complexity index is 1020. The zero-order valence-electron chi connectivity index (χ0n) is 17.1. The number of halogens is 6. The van der Waals surface area contributed by atoms with Crippen LogP contribution in [0.5, 0.6) is 11.6 Å². The molecule has 15 heteroatoms. The number of rotatable bonds is 10. The molecular weight excluding hydrogens is 496 g/mol. The molecule has 0 bridgehead atoms. The third-order valence-electron chi connectivity index (χ3n) is 4.57. The molecule has 34 heavy (non-hydrogen) atoms. The summed E-state index contributed by atoms with van der Waals surface area (Å²) in [6.45, 7) is 0. The van der Waals surface area contributed by atoms with Crippen LogP contribution in [0.4, 0.5) is 26.3 Å². The molecule has 2 rings (SSSR count). The fraction of sp³-hybridized carbons (Fsp3) is 0.421. The van der Waals surface area contributed by atoms with Crippen LogP contribution in [-0.4, -0.2) is 54.1 Å². The van der Waals surface area contributed by atoms with Crippen molar-refractivity contribution in [3.63, 3.8) is 0 Å². The first kappa shape index (κ1) is 27.5. The number of nitrogens with zero attached hydrogens (tertiary/aromatic N) is 2. The SMILES string of the molecule is NC(CCS(=O)CCC(O)(c1cnc(Oc2cccc(C(F)(F)F)c2)cn1)C(F)(F)F)C(=O)O. The number of nitrogens with two attached hydrogens (primary N) is 1. The molecule has 188 valence electrons. The van der Waals surface area contributed by atoms with Crippen molar-refractivity contribution in [2.75, 3.05) is 11.5 Å². The molecule has 0 aliphatic heterocycles. The third kappa shape index (κ3) is 7.11. The van der Waals surface area contributed by atoms with Crippen molar-refractivity contribution in [1.82, 2.24) is 9.97 Å². The summed E-state index contributed by atoms with van der Waals surface area (Å²) in [7, 11) is -1.92. The maximum Gasteiger partial charge on any atom is 0.423 e. The van der Waals surface area contributed by atoms with Gasteiger partial charge >= 0.3 is 18.3 Å². The summed E-state index contributed by atoms with van der Waals surface area (Å²) in [5.74, 6) is -3.02. The lowest BCUT2D eigenvalue weighted by Gasteiger charge is -2.29. The van der Waals surface area contributed by atoms with Crippen LogP contribution in [0.1, 0.15) is 24.1 Å². The van der Waals surface area contributed by atoms with Gasteiger partial charge in [-0.1, -0.05) is 6.07 Å². The lowest BCUT2D eigenvalue weighted by atomic mass is 9.96. The average molecular weight is 515 g/mol. The number of alkyl halides is 6. The van der Waals surface area contributed by atoms with Crippen LogP contribution in [0.15, 0.2) is 36.7 Å². The largest absolute Gasteiger partial charge is 0.480 e. The Balaban J connectivity index is 2.14. The van der Waals surface area contributed by atoms with Gasteiger partial charge in [-0.15, -0.1) is 0 Å². The van der Waals surface area contributed by atoms with Crippen molar-refractivity contribution in [2.45, 2.75) is 36.8 Å². The van der Waals surface area contributed by atoms with Gasteiger partial charge in [0.05, 0.1) is 23.7 Å². The minimum atomic E-state index is -5.24. The van der Waals surface area contributed by atoms with Crippen LogP contribution in [0.2, 0.25) is 0 Å². The second kappa shape index (κ2) is 10.7. The molecule has 0 spiro atoms. The summed E-state index contributed by atoms with van der Waals surface area (Å²) < 4.78 is 96.3. The highest BCUT2D eigenvalue weighted by atomic mass is 32.2. The normalized spacial score (nSPS) is 15.9. The molecule has 3 unspecified atom stereocenters. The van der Waals surface area contributed by atoms with Crippen LogP contribution in [0.25, 0.3) is 0 Å². The van der Waals surface area contributed by atoms with Crippen LogP contribution in [-0.2, 0) is 27.4 Å². The fourth-order valence-electron chi connectivity index (χ4n) is 2.60. The van der Waals surface area contributed by atoms with Gasteiger partial charge in [-0.3, -0.25) is 14.0 Å². The Morgan fingerprint density at radius 3 is 2.32 bits per heavy atom. The third-order valence-corrected chi connectivity index (χ3v) is 5.92. The molecule has 0 amide bonds. The van der Waals surface area contributed by atoms with Gasteiger partial charge in [-0.2, -0.15) is 26.3 Å². The number of aliphatic carboxylic acids is 1. The highest BCUT2D eigenvalue weighted by molar-refractivity contribution is 7.84. The molecule has 0 radical (unpaired) electrons. The van der Waals surface area contributed by atoms with Gasteiger partial charge < -0.3 is 20.7 Å². The Morgan fingerprint density at radius 2 is 1.79 bits per heavy atom. The van der Waals surface area contributed by atoms with Crippen molar-refractivity contribution >= 4 is 16.8 Å². The van der Waals surface area contributed by atoms with Crippen molar-refractivity contribution in [2.24, 2.45) is 5.73 Å². The number of hydrogen-bond acceptors (Lipinski definition) is 7. The number of benzene rings is 1. The van der Waals surface area contributed by atoms with Gasteiger partial charge in [0.25, 0.3) is 0 Å². The topological polar surface area (TPSA) is 136 Å². The van der Waals surface area contributed by atoms with Crippen LogP contribution < -0.4 is 10.5 Å². The number of aromatic nitrogens is 2. The van der Waals surface area contributed by atoms with E-state index in [1.165, 1.54) is 6.07 Å². The maximum atomic E-state index is 13.6. The van der Waals surface area contributed by atoms with Crippen molar-refractivity contribution in [3.8, 4) is 11.6 Å². The van der Waals surface area contributed by atoms with Gasteiger partial charge in [0.2, 0.25) is 11.5 Å². The number of ether oxygens (including phenoxy) is 1. The number of carbonyl (C=O) groups is 1. The molecule has 1 heterocycles. The van der Waals surface area contributed by atoms with Crippen LogP contribution in [0.3, 0.4) is 0 Å². The number of carboxylic acid groups (broad SMARTS) is 1. The first-order valence-corrected chi connectivity index (χ1v) is 10.9. The summed E-state index contributed by atoms with van der Waals surface area (Å²) in [4.78, 5) is 17.7. The molecule has 8 nitrogen and oxygen atoms in total. The number of hydrogen-bond donors (Lipinski definition) is 3. The summed E-state index contributed by atoms with van der Waals surface area (Å²) in [5.41, 5.74) is -0.250. The van der Waals surface area contributed by atoms with Gasteiger partial charge in [0.15, 0.2) is 0 Å². The maximum absolute atomic E-state index is 13.6. The van der Waals surface area contributed by atoms with Gasteiger partial charge in [-0.25, -0.2) is 4.98 Å². The molecule has 4 N–H and O–H groups in total. The van der Waals surface area contributed by atoms with E-state index in [1.54, 1.807) is 0 Å². The second-order valence-electron chi connectivity index (χ2n) is 7.06. The Labute approximate surface area is 191 Å². The van der Waals surface area contributed by atoms with Gasteiger partial charge in [0.1, 0.15) is 11.8 Å². The first-order valence-electron chi connectivity index (χ1n) is 9.43. The molecule has 1 aromatic carbocycles. The van der Waals surface area contributed by atoms with E-state index in [4.69, 9.17) is 15.6 Å². The molecule has 3 atom stereocenters. The molecular formula is C19H19F6N3O5S. The second-order valence-corrected chi connectivity index (χ2v) is 8.75. The van der Waals surface area contributed by atoms with Gasteiger partial charge in [-0.05, 0) is 24.6 Å². The Kier molecular flexibility index (Phi) is 8.60. The lowest BCUT2D eigenvalue weighted by Crippen LogP contribution is -2.44. The van der Waals surface area contributed by atoms with E-state index < -0.39 is 70.1 Å². The van der Waals surface area contributed by atoms with E-state index in [9.17, 15) is 40.5 Å². The Hall–Kier alpha value is -2.78. The number of carboxylic acids is 1. The fourth-order valence-corrected chi connectivity index (χ4v) is 3.84. The summed E-state index contributed by atoms with van der Waals surface area (Å²) >= 11 is 0. The standard InChI is InChI=1S/C19H19F6N3O5S/c20-18(21,22)11-2-1-3-12(8-11)33-15-10-27-14(9-28-15)17(31,19(23,24)25)5-7-34(32)6-4-13(26)16(29)30/h1-3,8-10,13,31H,4-7,26H2,(H,29,30). The molecule has 0 saturated carbocycles. The first-order chi connectivity index (χ1) is 15.6. The monoisotopic (exact) mass is 515 g/mol.